The number of aryl methyl sites for hydroxylation is 2. The highest BCUT2D eigenvalue weighted by Gasteiger charge is 2.24. The third-order valence-electron chi connectivity index (χ3n) is 5.42. The lowest BCUT2D eigenvalue weighted by molar-refractivity contribution is -0.662. The van der Waals surface area contributed by atoms with Crippen molar-refractivity contribution in [1.82, 2.24) is 4.98 Å². The molecule has 2 aromatic heterocycles. The molecular weight excluding hydrogens is 358 g/mol. The number of hydrogen-bond donors (Lipinski definition) is 0. The number of furan rings is 1. The smallest absolute Gasteiger partial charge is 0.287 e. The quantitative estimate of drug-likeness (QED) is 0.361. The summed E-state index contributed by atoms with van der Waals surface area (Å²) in [6.07, 6.45) is 1.76. The highest BCUT2D eigenvalue weighted by Crippen LogP contribution is 2.41. The van der Waals surface area contributed by atoms with Gasteiger partial charge in [-0.15, -0.1) is 0 Å². The molecule has 0 aliphatic rings. The normalized spacial score (nSPS) is 11.8. The van der Waals surface area contributed by atoms with Crippen LogP contribution in [0.5, 0.6) is 0 Å². The van der Waals surface area contributed by atoms with Crippen molar-refractivity contribution in [1.29, 1.82) is 0 Å². The van der Waals surface area contributed by atoms with Gasteiger partial charge >= 0.3 is 0 Å². The molecule has 0 aliphatic heterocycles. The molecule has 5 rings (SSSR count). The summed E-state index contributed by atoms with van der Waals surface area (Å²) in [7, 11) is 1.92. The van der Waals surface area contributed by atoms with Gasteiger partial charge in [-0.25, -0.2) is 13.3 Å². The van der Waals surface area contributed by atoms with Gasteiger partial charge in [-0.3, -0.25) is 0 Å². The lowest BCUT2D eigenvalue weighted by Crippen LogP contribution is -2.32. The molecular formula is C23H17F2N2O+. The Morgan fingerprint density at radius 2 is 1.79 bits per heavy atom. The second kappa shape index (κ2) is 5.83. The van der Waals surface area contributed by atoms with E-state index in [-0.39, 0.29) is 5.58 Å². The molecule has 3 nitrogen and oxygen atoms in total. The first-order valence-electron chi connectivity index (χ1n) is 9.01. The lowest BCUT2D eigenvalue weighted by atomic mass is 9.94. The average molecular weight is 375 g/mol. The van der Waals surface area contributed by atoms with E-state index in [9.17, 15) is 8.78 Å². The number of nitrogens with zero attached hydrogens (tertiary/aromatic N) is 2. The van der Waals surface area contributed by atoms with Gasteiger partial charge in [-0.05, 0) is 48.2 Å². The SMILES string of the molecule is Cc1cc2c(oc3cc(F)cc(F)c32)c(-c2c3ccccc3nc[n+]2C)c1C. The minimum absolute atomic E-state index is 0.208. The van der Waals surface area contributed by atoms with Crippen molar-refractivity contribution in [3.63, 3.8) is 0 Å². The predicted octanol–water partition coefficient (Wildman–Crippen LogP) is 5.52. The molecule has 0 atom stereocenters. The van der Waals surface area contributed by atoms with Crippen LogP contribution in [0.15, 0.2) is 53.2 Å². The minimum Gasteiger partial charge on any atom is -0.455 e. The van der Waals surface area contributed by atoms with E-state index in [1.165, 1.54) is 6.07 Å². The first kappa shape index (κ1) is 16.8. The molecule has 0 aliphatic carbocycles. The molecule has 138 valence electrons. The summed E-state index contributed by atoms with van der Waals surface area (Å²) in [5, 5.41) is 1.92. The number of rotatable bonds is 1. The van der Waals surface area contributed by atoms with Crippen LogP contribution in [0.1, 0.15) is 11.1 Å². The van der Waals surface area contributed by atoms with Crippen LogP contribution in [-0.4, -0.2) is 4.98 Å². The largest absolute Gasteiger partial charge is 0.455 e. The highest BCUT2D eigenvalue weighted by molar-refractivity contribution is 6.12. The first-order valence-corrected chi connectivity index (χ1v) is 9.01. The molecule has 0 N–H and O–H groups in total. The Morgan fingerprint density at radius 3 is 2.61 bits per heavy atom. The van der Waals surface area contributed by atoms with Crippen molar-refractivity contribution in [2.24, 2.45) is 7.05 Å². The Morgan fingerprint density at radius 1 is 1.00 bits per heavy atom. The highest BCUT2D eigenvalue weighted by atomic mass is 19.1. The van der Waals surface area contributed by atoms with E-state index >= 15 is 0 Å². The summed E-state index contributed by atoms with van der Waals surface area (Å²) in [5.74, 6) is -1.27. The average Bonchev–Trinajstić information content (AvgIpc) is 3.01. The van der Waals surface area contributed by atoms with Crippen LogP contribution in [0.2, 0.25) is 0 Å². The fourth-order valence-corrected chi connectivity index (χ4v) is 3.97. The molecule has 2 heterocycles. The zero-order valence-corrected chi connectivity index (χ0v) is 15.7. The van der Waals surface area contributed by atoms with Crippen LogP contribution in [0.3, 0.4) is 0 Å². The lowest BCUT2D eigenvalue weighted by Gasteiger charge is -2.11. The van der Waals surface area contributed by atoms with Gasteiger partial charge in [0, 0.05) is 17.5 Å². The molecule has 0 bridgehead atoms. The number of para-hydroxylation sites is 1. The van der Waals surface area contributed by atoms with E-state index in [0.29, 0.717) is 16.4 Å². The molecule has 0 unspecified atom stereocenters. The van der Waals surface area contributed by atoms with Gasteiger partial charge < -0.3 is 4.42 Å². The summed E-state index contributed by atoms with van der Waals surface area (Å²) in [4.78, 5) is 4.49. The van der Waals surface area contributed by atoms with E-state index in [1.807, 2.05) is 55.8 Å². The van der Waals surface area contributed by atoms with Crippen LogP contribution in [-0.2, 0) is 7.05 Å². The Bertz CT molecular complexity index is 1420. The maximum atomic E-state index is 14.6. The van der Waals surface area contributed by atoms with Gasteiger partial charge in [0.15, 0.2) is 5.52 Å². The first-order chi connectivity index (χ1) is 13.5. The summed E-state index contributed by atoms with van der Waals surface area (Å²) >= 11 is 0. The van der Waals surface area contributed by atoms with E-state index in [4.69, 9.17) is 4.42 Å². The molecule has 0 fully saturated rings. The van der Waals surface area contributed by atoms with Crippen molar-refractivity contribution in [2.45, 2.75) is 13.8 Å². The standard InChI is InChI=1S/C23H17F2N2O/c1-12-8-16-21-17(25)9-14(24)10-19(21)28-23(16)20(13(12)2)22-15-6-4-5-7-18(15)26-11-27(22)3/h4-11H,1-3H3/q+1. The number of aromatic nitrogens is 2. The topological polar surface area (TPSA) is 29.9 Å². The molecule has 0 radical (unpaired) electrons. The monoisotopic (exact) mass is 375 g/mol. The summed E-state index contributed by atoms with van der Waals surface area (Å²) in [5.41, 5.74) is 5.45. The number of fused-ring (bicyclic) bond motifs is 4. The number of halogens is 2. The molecule has 5 aromatic rings. The molecule has 0 saturated heterocycles. The third-order valence-corrected chi connectivity index (χ3v) is 5.42. The van der Waals surface area contributed by atoms with Gasteiger partial charge in [0.2, 0.25) is 0 Å². The Balaban J connectivity index is 2.03. The fourth-order valence-electron chi connectivity index (χ4n) is 3.97. The van der Waals surface area contributed by atoms with Gasteiger partial charge in [-0.2, -0.15) is 0 Å². The third kappa shape index (κ3) is 2.26. The Labute approximate surface area is 159 Å². The van der Waals surface area contributed by atoms with Gasteiger partial charge in [0.05, 0.1) is 23.4 Å². The van der Waals surface area contributed by atoms with E-state index < -0.39 is 11.6 Å². The van der Waals surface area contributed by atoms with Gasteiger partial charge in [0.25, 0.3) is 6.33 Å². The van der Waals surface area contributed by atoms with Crippen molar-refractivity contribution >= 4 is 32.8 Å². The van der Waals surface area contributed by atoms with Crippen molar-refractivity contribution in [2.75, 3.05) is 0 Å². The molecule has 28 heavy (non-hydrogen) atoms. The van der Waals surface area contributed by atoms with Gasteiger partial charge in [0.1, 0.15) is 28.5 Å². The predicted molar refractivity (Wildman–Crippen MR) is 105 cm³/mol. The maximum Gasteiger partial charge on any atom is 0.287 e. The minimum atomic E-state index is -0.654. The Kier molecular flexibility index (Phi) is 3.50. The Hall–Kier alpha value is -3.34. The molecule has 0 saturated carbocycles. The second-order valence-corrected chi connectivity index (χ2v) is 7.15. The molecule has 3 aromatic carbocycles. The molecule has 5 heteroatoms. The van der Waals surface area contributed by atoms with Crippen LogP contribution < -0.4 is 4.57 Å². The summed E-state index contributed by atoms with van der Waals surface area (Å²) < 4.78 is 36.3. The van der Waals surface area contributed by atoms with Crippen LogP contribution in [0.4, 0.5) is 8.78 Å². The molecule has 0 spiro atoms. The van der Waals surface area contributed by atoms with E-state index in [1.54, 1.807) is 6.33 Å². The fraction of sp³-hybridized carbons (Fsp3) is 0.130. The maximum absolute atomic E-state index is 14.6. The number of hydrogen-bond acceptors (Lipinski definition) is 2. The summed E-state index contributed by atoms with van der Waals surface area (Å²) in [6.45, 7) is 4.01. The zero-order valence-electron chi connectivity index (χ0n) is 15.7. The molecule has 0 amide bonds. The number of benzene rings is 3. The van der Waals surface area contributed by atoms with Gasteiger partial charge in [-0.1, -0.05) is 12.1 Å². The second-order valence-electron chi connectivity index (χ2n) is 7.15. The van der Waals surface area contributed by atoms with Crippen molar-refractivity contribution < 1.29 is 17.8 Å². The van der Waals surface area contributed by atoms with E-state index in [2.05, 4.69) is 4.98 Å². The van der Waals surface area contributed by atoms with Crippen molar-refractivity contribution in [3.05, 3.63) is 71.6 Å². The van der Waals surface area contributed by atoms with Crippen LogP contribution >= 0.6 is 0 Å². The van der Waals surface area contributed by atoms with Crippen molar-refractivity contribution in [3.8, 4) is 11.3 Å². The summed E-state index contributed by atoms with van der Waals surface area (Å²) in [6, 6.07) is 11.9. The van der Waals surface area contributed by atoms with Crippen LogP contribution in [0.25, 0.3) is 44.1 Å². The van der Waals surface area contributed by atoms with Crippen LogP contribution in [0, 0.1) is 25.5 Å². The van der Waals surface area contributed by atoms with E-state index in [0.717, 1.165) is 39.4 Å². The zero-order chi connectivity index (χ0) is 19.6.